The summed E-state index contributed by atoms with van der Waals surface area (Å²) >= 11 is 0. The van der Waals surface area contributed by atoms with E-state index in [1.165, 1.54) is 0 Å². The summed E-state index contributed by atoms with van der Waals surface area (Å²) in [4.78, 5) is 11.3. The van der Waals surface area contributed by atoms with E-state index in [0.29, 0.717) is 11.3 Å². The highest BCUT2D eigenvalue weighted by Crippen LogP contribution is 2.27. The van der Waals surface area contributed by atoms with Crippen LogP contribution in [0.5, 0.6) is 5.75 Å². The van der Waals surface area contributed by atoms with Crippen molar-refractivity contribution >= 4 is 5.78 Å². The number of hydrogen-bond acceptors (Lipinski definition) is 3. The van der Waals surface area contributed by atoms with E-state index in [9.17, 15) is 4.79 Å². The van der Waals surface area contributed by atoms with Crippen molar-refractivity contribution in [2.24, 2.45) is 0 Å². The molecule has 0 bridgehead atoms. The summed E-state index contributed by atoms with van der Waals surface area (Å²) in [5.41, 5.74) is 0.504. The molecule has 0 aromatic heterocycles. The number of rotatable bonds is 0. The lowest BCUT2D eigenvalue weighted by Crippen LogP contribution is -2.17. The van der Waals surface area contributed by atoms with E-state index in [1.807, 2.05) is 0 Å². The molecule has 1 aliphatic heterocycles. The van der Waals surface area contributed by atoms with E-state index in [-0.39, 0.29) is 5.78 Å². The molecule has 1 aromatic rings. The van der Waals surface area contributed by atoms with Crippen LogP contribution in [-0.4, -0.2) is 11.9 Å². The number of carbonyl (C=O) groups is 1. The van der Waals surface area contributed by atoms with E-state index in [1.54, 1.807) is 30.3 Å². The highest BCUT2D eigenvalue weighted by atomic mass is 16.5. The van der Waals surface area contributed by atoms with Crippen LogP contribution in [0.1, 0.15) is 10.4 Å². The van der Waals surface area contributed by atoms with Crippen LogP contribution in [-0.2, 0) is 0 Å². The maximum absolute atomic E-state index is 11.3. The van der Waals surface area contributed by atoms with E-state index in [4.69, 9.17) is 10.00 Å². The molecule has 1 aliphatic rings. The Morgan fingerprint density at radius 1 is 1.42 bits per heavy atom. The molecule has 0 amide bonds. The molecular formula is C9H5NO2. The first-order valence-corrected chi connectivity index (χ1v) is 3.52. The topological polar surface area (TPSA) is 50.1 Å². The Balaban J connectivity index is 2.51. The van der Waals surface area contributed by atoms with E-state index in [2.05, 4.69) is 0 Å². The number of hydrogen-bond donors (Lipinski definition) is 0. The molecule has 58 valence electrons. The molecule has 1 unspecified atom stereocenters. The third-order valence-electron chi connectivity index (χ3n) is 1.75. The van der Waals surface area contributed by atoms with Crippen LogP contribution in [0.2, 0.25) is 0 Å². The van der Waals surface area contributed by atoms with Crippen molar-refractivity contribution in [2.75, 3.05) is 0 Å². The van der Waals surface area contributed by atoms with Crippen molar-refractivity contribution in [3.8, 4) is 11.8 Å². The van der Waals surface area contributed by atoms with Gasteiger partial charge in [-0.1, -0.05) is 12.1 Å². The number of para-hydroxylation sites is 1. The molecule has 1 atom stereocenters. The summed E-state index contributed by atoms with van der Waals surface area (Å²) in [5.74, 6) is 0.266. The fourth-order valence-corrected chi connectivity index (χ4v) is 1.18. The number of ketones is 1. The van der Waals surface area contributed by atoms with Gasteiger partial charge in [-0.25, -0.2) is 0 Å². The number of benzene rings is 1. The predicted molar refractivity (Wildman–Crippen MR) is 40.8 cm³/mol. The lowest BCUT2D eigenvalue weighted by atomic mass is 10.1. The molecule has 0 N–H and O–H groups in total. The third kappa shape index (κ3) is 0.785. The van der Waals surface area contributed by atoms with E-state index >= 15 is 0 Å². The first-order chi connectivity index (χ1) is 5.83. The molecule has 1 heterocycles. The number of nitrogens with zero attached hydrogens (tertiary/aromatic N) is 1. The Bertz CT molecular complexity index is 378. The average Bonchev–Trinajstić information content (AvgIpc) is 2.44. The smallest absolute Gasteiger partial charge is 0.246 e. The van der Waals surface area contributed by atoms with Crippen molar-refractivity contribution in [3.05, 3.63) is 29.8 Å². The predicted octanol–water partition coefficient (Wildman–Crippen LogP) is 1.15. The second-order valence-corrected chi connectivity index (χ2v) is 2.49. The number of carbonyl (C=O) groups excluding carboxylic acids is 1. The van der Waals surface area contributed by atoms with Crippen molar-refractivity contribution < 1.29 is 9.53 Å². The fourth-order valence-electron chi connectivity index (χ4n) is 1.18. The monoisotopic (exact) mass is 159 g/mol. The highest BCUT2D eigenvalue weighted by molar-refractivity contribution is 6.06. The van der Waals surface area contributed by atoms with Crippen molar-refractivity contribution in [1.29, 1.82) is 5.26 Å². The molecule has 0 radical (unpaired) electrons. The third-order valence-corrected chi connectivity index (χ3v) is 1.75. The zero-order chi connectivity index (χ0) is 8.55. The molecule has 1 aromatic carbocycles. The Kier molecular flexibility index (Phi) is 1.34. The summed E-state index contributed by atoms with van der Waals surface area (Å²) in [5, 5.41) is 8.51. The molecular weight excluding hydrogens is 154 g/mol. The highest BCUT2D eigenvalue weighted by Gasteiger charge is 2.31. The van der Waals surface area contributed by atoms with Gasteiger partial charge in [0.25, 0.3) is 0 Å². The van der Waals surface area contributed by atoms with Crippen molar-refractivity contribution in [2.45, 2.75) is 6.10 Å². The Morgan fingerprint density at radius 3 is 2.83 bits per heavy atom. The Hall–Kier alpha value is -1.82. The molecule has 0 spiro atoms. The normalized spacial score (nSPS) is 19.6. The maximum Gasteiger partial charge on any atom is 0.246 e. The van der Waals surface area contributed by atoms with Crippen molar-refractivity contribution in [1.82, 2.24) is 0 Å². The van der Waals surface area contributed by atoms with Crippen molar-refractivity contribution in [3.63, 3.8) is 0 Å². The fraction of sp³-hybridized carbons (Fsp3) is 0.111. The van der Waals surface area contributed by atoms with Gasteiger partial charge in [0.15, 0.2) is 0 Å². The lowest BCUT2D eigenvalue weighted by Gasteiger charge is -1.96. The summed E-state index contributed by atoms with van der Waals surface area (Å²) in [6.07, 6.45) is -0.942. The van der Waals surface area contributed by atoms with Crippen LogP contribution in [0.15, 0.2) is 24.3 Å². The first-order valence-electron chi connectivity index (χ1n) is 3.52. The number of Topliss-reactive ketones (excluding diaryl/α,β-unsaturated/α-hetero) is 1. The number of nitriles is 1. The van der Waals surface area contributed by atoms with Gasteiger partial charge >= 0.3 is 0 Å². The number of fused-ring (bicyclic) bond motifs is 1. The quantitative estimate of drug-likeness (QED) is 0.570. The molecule has 0 aliphatic carbocycles. The molecule has 0 saturated carbocycles. The van der Waals surface area contributed by atoms with Crippen LogP contribution < -0.4 is 4.74 Å². The zero-order valence-corrected chi connectivity index (χ0v) is 6.15. The van der Waals surface area contributed by atoms with Crippen LogP contribution >= 0.6 is 0 Å². The maximum atomic E-state index is 11.3. The van der Waals surface area contributed by atoms with Crippen LogP contribution in [0.25, 0.3) is 0 Å². The zero-order valence-electron chi connectivity index (χ0n) is 6.15. The second kappa shape index (κ2) is 2.35. The van der Waals surface area contributed by atoms with Gasteiger partial charge in [0, 0.05) is 0 Å². The summed E-state index contributed by atoms with van der Waals surface area (Å²) in [6, 6.07) is 8.66. The van der Waals surface area contributed by atoms with Gasteiger partial charge in [0.2, 0.25) is 11.9 Å². The number of ether oxygens (including phenoxy) is 1. The van der Waals surface area contributed by atoms with E-state index < -0.39 is 6.10 Å². The second-order valence-electron chi connectivity index (χ2n) is 2.49. The van der Waals surface area contributed by atoms with Gasteiger partial charge in [-0.2, -0.15) is 5.26 Å². The van der Waals surface area contributed by atoms with Gasteiger partial charge < -0.3 is 4.74 Å². The van der Waals surface area contributed by atoms with Gasteiger partial charge in [-0.05, 0) is 12.1 Å². The van der Waals surface area contributed by atoms with E-state index in [0.717, 1.165) is 0 Å². The summed E-state index contributed by atoms with van der Waals surface area (Å²) in [6.45, 7) is 0. The minimum Gasteiger partial charge on any atom is -0.466 e. The molecule has 0 fully saturated rings. The molecule has 0 saturated heterocycles. The largest absolute Gasteiger partial charge is 0.466 e. The standard InChI is InChI=1S/C9H5NO2/c10-5-8-9(11)6-3-1-2-4-7(6)12-8/h1-4,8H. The molecule has 3 heteroatoms. The van der Waals surface area contributed by atoms with Crippen LogP contribution in [0.4, 0.5) is 0 Å². The van der Waals surface area contributed by atoms with Crippen LogP contribution in [0.3, 0.4) is 0 Å². The molecule has 3 nitrogen and oxygen atoms in total. The molecule has 2 rings (SSSR count). The lowest BCUT2D eigenvalue weighted by molar-refractivity contribution is 0.0912. The Morgan fingerprint density at radius 2 is 2.17 bits per heavy atom. The van der Waals surface area contributed by atoms with Gasteiger partial charge in [-0.3, -0.25) is 4.79 Å². The average molecular weight is 159 g/mol. The summed E-state index contributed by atoms with van der Waals surface area (Å²) < 4.78 is 5.06. The van der Waals surface area contributed by atoms with Gasteiger partial charge in [0.05, 0.1) is 5.56 Å². The van der Waals surface area contributed by atoms with Gasteiger partial charge in [-0.15, -0.1) is 0 Å². The minimum atomic E-state index is -0.942. The minimum absolute atomic E-state index is 0.242. The molecule has 12 heavy (non-hydrogen) atoms. The summed E-state index contributed by atoms with van der Waals surface area (Å²) in [7, 11) is 0. The van der Waals surface area contributed by atoms with Gasteiger partial charge in [0.1, 0.15) is 11.8 Å². The first kappa shape index (κ1) is 6.86. The van der Waals surface area contributed by atoms with Crippen LogP contribution in [0, 0.1) is 11.3 Å². The Labute approximate surface area is 69.2 Å². The SMILES string of the molecule is N#CC1Oc2ccccc2C1=O.